The summed E-state index contributed by atoms with van der Waals surface area (Å²) in [5.74, 6) is 2.03. The van der Waals surface area contributed by atoms with Crippen LogP contribution in [0.5, 0.6) is 0 Å². The molecule has 0 aromatic carbocycles. The summed E-state index contributed by atoms with van der Waals surface area (Å²) in [5.41, 5.74) is 0.449. The Bertz CT molecular complexity index is 642. The van der Waals surface area contributed by atoms with Crippen molar-refractivity contribution in [2.75, 3.05) is 47.0 Å². The first-order valence-electron chi connectivity index (χ1n) is 9.40. The van der Waals surface area contributed by atoms with Gasteiger partial charge in [0.25, 0.3) is 0 Å². The van der Waals surface area contributed by atoms with Crippen LogP contribution in [-0.4, -0.2) is 69.9 Å². The van der Waals surface area contributed by atoms with Gasteiger partial charge >= 0.3 is 5.97 Å². The number of hydrogen-bond donors (Lipinski definition) is 2. The van der Waals surface area contributed by atoms with Crippen molar-refractivity contribution in [3.8, 4) is 0 Å². The second-order valence-corrected chi connectivity index (χ2v) is 6.94. The minimum absolute atomic E-state index is 0. The number of carbonyl (C=O) groups excluding carboxylic acids is 1. The van der Waals surface area contributed by atoms with E-state index in [2.05, 4.69) is 34.4 Å². The van der Waals surface area contributed by atoms with Crippen LogP contribution < -0.4 is 10.6 Å². The molecule has 28 heavy (non-hydrogen) atoms. The van der Waals surface area contributed by atoms with Gasteiger partial charge in [-0.2, -0.15) is 0 Å². The van der Waals surface area contributed by atoms with Crippen LogP contribution in [0.1, 0.15) is 35.7 Å². The third-order valence-corrected chi connectivity index (χ3v) is 4.79. The first-order chi connectivity index (χ1) is 13.0. The standard InChI is InChI=1S/C19H32N4O4.HI/c1-13(2)17(23-6-8-26-9-7-23)12-22-19(20-4)21-11-15-10-16(14(3)27-15)18(24)25-5;/h10,13,17H,6-9,11-12H2,1-5H3,(H2,20,21,22);1H. The molecule has 1 aliphatic heterocycles. The number of ether oxygens (including phenoxy) is 2. The molecule has 9 heteroatoms. The summed E-state index contributed by atoms with van der Waals surface area (Å²) in [5, 5.41) is 6.63. The van der Waals surface area contributed by atoms with Crippen molar-refractivity contribution < 1.29 is 18.7 Å². The summed E-state index contributed by atoms with van der Waals surface area (Å²) in [6, 6.07) is 2.11. The molecule has 1 saturated heterocycles. The first kappa shape index (κ1) is 24.7. The van der Waals surface area contributed by atoms with E-state index in [0.717, 1.165) is 32.8 Å². The molecule has 160 valence electrons. The molecule has 1 aliphatic rings. The third-order valence-electron chi connectivity index (χ3n) is 4.79. The van der Waals surface area contributed by atoms with Gasteiger partial charge in [-0.15, -0.1) is 24.0 Å². The highest BCUT2D eigenvalue weighted by atomic mass is 127. The van der Waals surface area contributed by atoms with Crippen LogP contribution in [0.3, 0.4) is 0 Å². The lowest BCUT2D eigenvalue weighted by Crippen LogP contribution is -2.52. The minimum atomic E-state index is -0.393. The highest BCUT2D eigenvalue weighted by Gasteiger charge is 2.24. The molecule has 1 fully saturated rings. The molecule has 0 amide bonds. The maximum Gasteiger partial charge on any atom is 0.341 e. The normalized spacial score (nSPS) is 16.4. The Morgan fingerprint density at radius 2 is 2.00 bits per heavy atom. The Kier molecular flexibility index (Phi) is 10.8. The summed E-state index contributed by atoms with van der Waals surface area (Å²) in [7, 11) is 3.10. The van der Waals surface area contributed by atoms with Crippen LogP contribution in [0.25, 0.3) is 0 Å². The molecule has 2 rings (SSSR count). The largest absolute Gasteiger partial charge is 0.465 e. The lowest BCUT2D eigenvalue weighted by molar-refractivity contribution is 0.00752. The zero-order valence-electron chi connectivity index (χ0n) is 17.4. The topological polar surface area (TPSA) is 88.3 Å². The summed E-state index contributed by atoms with van der Waals surface area (Å²) >= 11 is 0. The lowest BCUT2D eigenvalue weighted by atomic mass is 10.0. The average molecular weight is 508 g/mol. The van der Waals surface area contributed by atoms with E-state index >= 15 is 0 Å². The van der Waals surface area contributed by atoms with Gasteiger partial charge in [0, 0.05) is 32.7 Å². The molecule has 0 spiro atoms. The number of halogens is 1. The second-order valence-electron chi connectivity index (χ2n) is 6.94. The summed E-state index contributed by atoms with van der Waals surface area (Å²) in [4.78, 5) is 18.4. The zero-order valence-corrected chi connectivity index (χ0v) is 19.7. The van der Waals surface area contributed by atoms with Gasteiger partial charge in [-0.05, 0) is 18.9 Å². The Hall–Kier alpha value is -1.33. The van der Waals surface area contributed by atoms with Gasteiger partial charge in [0.15, 0.2) is 5.96 Å². The van der Waals surface area contributed by atoms with E-state index in [-0.39, 0.29) is 24.0 Å². The molecular weight excluding hydrogens is 475 g/mol. The maximum atomic E-state index is 11.7. The van der Waals surface area contributed by atoms with Gasteiger partial charge in [0.05, 0.1) is 26.9 Å². The van der Waals surface area contributed by atoms with Crippen LogP contribution in [0.15, 0.2) is 15.5 Å². The average Bonchev–Trinajstić information content (AvgIpc) is 3.05. The predicted octanol–water partition coefficient (Wildman–Crippen LogP) is 2.01. The van der Waals surface area contributed by atoms with Crippen molar-refractivity contribution >= 4 is 35.9 Å². The summed E-state index contributed by atoms with van der Waals surface area (Å²) < 4.78 is 15.8. The fourth-order valence-corrected chi connectivity index (χ4v) is 3.23. The van der Waals surface area contributed by atoms with Gasteiger partial charge in [-0.25, -0.2) is 4.79 Å². The summed E-state index contributed by atoms with van der Waals surface area (Å²) in [6.45, 7) is 10.9. The van der Waals surface area contributed by atoms with Crippen LogP contribution in [0, 0.1) is 12.8 Å². The molecule has 1 aromatic heterocycles. The Morgan fingerprint density at radius 3 is 2.57 bits per heavy atom. The van der Waals surface area contributed by atoms with E-state index in [1.165, 1.54) is 7.11 Å². The number of aliphatic imine (C=N–C) groups is 1. The van der Waals surface area contributed by atoms with Gasteiger partial charge in [0.1, 0.15) is 17.1 Å². The van der Waals surface area contributed by atoms with Crippen LogP contribution in [0.2, 0.25) is 0 Å². The molecule has 1 atom stereocenters. The third kappa shape index (κ3) is 6.93. The molecule has 0 radical (unpaired) electrons. The number of methoxy groups -OCH3 is 1. The molecule has 8 nitrogen and oxygen atoms in total. The van der Waals surface area contributed by atoms with Gasteiger partial charge in [-0.1, -0.05) is 13.8 Å². The quantitative estimate of drug-likeness (QED) is 0.252. The number of nitrogens with zero attached hydrogens (tertiary/aromatic N) is 2. The number of guanidine groups is 1. The van der Waals surface area contributed by atoms with Crippen LogP contribution >= 0.6 is 24.0 Å². The number of nitrogens with one attached hydrogen (secondary N) is 2. The van der Waals surface area contributed by atoms with Crippen LogP contribution in [-0.2, 0) is 16.0 Å². The monoisotopic (exact) mass is 508 g/mol. The number of esters is 1. The highest BCUT2D eigenvalue weighted by Crippen LogP contribution is 2.15. The smallest absolute Gasteiger partial charge is 0.341 e. The summed E-state index contributed by atoms with van der Waals surface area (Å²) in [6.07, 6.45) is 0. The first-order valence-corrected chi connectivity index (χ1v) is 9.40. The molecule has 1 aromatic rings. The molecule has 0 saturated carbocycles. The van der Waals surface area contributed by atoms with Crippen molar-refractivity contribution in [3.05, 3.63) is 23.2 Å². The number of hydrogen-bond acceptors (Lipinski definition) is 6. The van der Waals surface area contributed by atoms with Gasteiger partial charge < -0.3 is 24.5 Å². The SMILES string of the molecule is CN=C(NCc1cc(C(=O)OC)c(C)o1)NCC(C(C)C)N1CCOCC1.I. The second kappa shape index (κ2) is 12.3. The van der Waals surface area contributed by atoms with E-state index < -0.39 is 5.97 Å². The lowest BCUT2D eigenvalue weighted by Gasteiger charge is -2.37. The highest BCUT2D eigenvalue weighted by molar-refractivity contribution is 14.0. The molecule has 2 N–H and O–H groups in total. The van der Waals surface area contributed by atoms with Gasteiger partial charge in [-0.3, -0.25) is 9.89 Å². The number of carbonyl (C=O) groups is 1. The van der Waals surface area contributed by atoms with E-state index in [0.29, 0.717) is 41.5 Å². The molecule has 0 aliphatic carbocycles. The molecule has 2 heterocycles. The van der Waals surface area contributed by atoms with Gasteiger partial charge in [0.2, 0.25) is 0 Å². The van der Waals surface area contributed by atoms with Crippen molar-refractivity contribution in [1.82, 2.24) is 15.5 Å². The molecular formula is C19H33IN4O4. The predicted molar refractivity (Wildman–Crippen MR) is 119 cm³/mol. The zero-order chi connectivity index (χ0) is 19.8. The fraction of sp³-hybridized carbons (Fsp3) is 0.684. The van der Waals surface area contributed by atoms with Crippen LogP contribution in [0.4, 0.5) is 0 Å². The fourth-order valence-electron chi connectivity index (χ4n) is 3.23. The maximum absolute atomic E-state index is 11.7. The van der Waals surface area contributed by atoms with Crippen molar-refractivity contribution in [2.45, 2.75) is 33.4 Å². The number of rotatable bonds is 7. The van der Waals surface area contributed by atoms with Crippen molar-refractivity contribution in [2.24, 2.45) is 10.9 Å². The molecule has 1 unspecified atom stereocenters. The number of morpholine rings is 1. The Balaban J connectivity index is 0.00000392. The van der Waals surface area contributed by atoms with E-state index in [1.54, 1.807) is 20.0 Å². The molecule has 0 bridgehead atoms. The van der Waals surface area contributed by atoms with E-state index in [1.807, 2.05) is 0 Å². The van der Waals surface area contributed by atoms with E-state index in [4.69, 9.17) is 13.9 Å². The van der Waals surface area contributed by atoms with E-state index in [9.17, 15) is 4.79 Å². The minimum Gasteiger partial charge on any atom is -0.465 e. The van der Waals surface area contributed by atoms with Crippen molar-refractivity contribution in [1.29, 1.82) is 0 Å². The Morgan fingerprint density at radius 1 is 1.32 bits per heavy atom. The van der Waals surface area contributed by atoms with Crippen molar-refractivity contribution in [3.63, 3.8) is 0 Å². The number of furan rings is 1. The Labute approximate surface area is 184 Å². The number of aryl methyl sites for hydroxylation is 1.